The molecule has 0 bridgehead atoms. The zero-order valence-electron chi connectivity index (χ0n) is 14.8. The van der Waals surface area contributed by atoms with Crippen LogP contribution in [0, 0.1) is 17.1 Å². The van der Waals surface area contributed by atoms with Crippen molar-refractivity contribution in [3.63, 3.8) is 0 Å². The van der Waals surface area contributed by atoms with Gasteiger partial charge in [0.1, 0.15) is 11.9 Å². The molecule has 0 aliphatic carbocycles. The summed E-state index contributed by atoms with van der Waals surface area (Å²) in [5.41, 5.74) is 2.16. The zero-order chi connectivity index (χ0) is 19.4. The van der Waals surface area contributed by atoms with E-state index in [0.29, 0.717) is 5.69 Å². The molecule has 0 radical (unpaired) electrons. The Hall–Kier alpha value is -3.17. The maximum absolute atomic E-state index is 13.3. The Morgan fingerprint density at radius 2 is 2.11 bits per heavy atom. The number of nitrogens with one attached hydrogen (secondary N) is 1. The topological polar surface area (TPSA) is 76.4 Å². The molecule has 27 heavy (non-hydrogen) atoms. The number of hydrogen-bond donors (Lipinski definition) is 2. The number of urea groups is 1. The molecular weight excluding hydrogens is 345 g/mol. The molecular formula is C21H20FN3O2. The van der Waals surface area contributed by atoms with Crippen molar-refractivity contribution in [3.8, 4) is 6.07 Å². The fourth-order valence-electron chi connectivity index (χ4n) is 3.56. The second kappa shape index (κ2) is 8.02. The molecule has 2 aromatic carbocycles. The molecule has 1 aliphatic heterocycles. The van der Waals surface area contributed by atoms with E-state index in [9.17, 15) is 19.6 Å². The Bertz CT molecular complexity index is 906. The molecule has 0 unspecified atom stereocenters. The number of carbonyl (C=O) groups excluding carboxylic acids is 1. The summed E-state index contributed by atoms with van der Waals surface area (Å²) in [6.45, 7) is 1.63. The number of carbonyl (C=O) groups is 1. The number of benzene rings is 2. The van der Waals surface area contributed by atoms with Gasteiger partial charge in [0.05, 0.1) is 18.7 Å². The van der Waals surface area contributed by atoms with Crippen LogP contribution < -0.4 is 5.32 Å². The quantitative estimate of drug-likeness (QED) is 0.866. The number of likely N-dealkylation sites (tertiary alicyclic amines) is 1. The summed E-state index contributed by atoms with van der Waals surface area (Å²) in [5.74, 6) is -0.768. The van der Waals surface area contributed by atoms with Gasteiger partial charge in [0.2, 0.25) is 0 Å². The lowest BCUT2D eigenvalue weighted by molar-refractivity contribution is 0.0223. The molecule has 1 aliphatic rings. The molecule has 1 fully saturated rings. The third-order valence-electron chi connectivity index (χ3n) is 4.74. The summed E-state index contributed by atoms with van der Waals surface area (Å²) in [6.07, 6.45) is 3.84. The minimum Gasteiger partial charge on any atom is -0.394 e. The van der Waals surface area contributed by atoms with E-state index in [2.05, 4.69) is 11.4 Å². The lowest BCUT2D eigenvalue weighted by Crippen LogP contribution is -2.66. The second-order valence-corrected chi connectivity index (χ2v) is 6.33. The molecule has 0 saturated carbocycles. The summed E-state index contributed by atoms with van der Waals surface area (Å²) in [6, 6.07) is 13.5. The predicted molar refractivity (Wildman–Crippen MR) is 101 cm³/mol. The van der Waals surface area contributed by atoms with Crippen LogP contribution in [-0.4, -0.2) is 34.7 Å². The number of rotatable bonds is 4. The summed E-state index contributed by atoms with van der Waals surface area (Å²) in [7, 11) is 0. The minimum absolute atomic E-state index is 0.274. The molecule has 2 aromatic rings. The maximum atomic E-state index is 13.3. The highest BCUT2D eigenvalue weighted by Crippen LogP contribution is 2.42. The van der Waals surface area contributed by atoms with Crippen molar-refractivity contribution in [2.24, 2.45) is 0 Å². The van der Waals surface area contributed by atoms with Gasteiger partial charge in [-0.1, -0.05) is 42.5 Å². The van der Waals surface area contributed by atoms with Crippen LogP contribution >= 0.6 is 0 Å². The van der Waals surface area contributed by atoms with E-state index in [0.717, 1.165) is 11.1 Å². The third kappa shape index (κ3) is 3.55. The molecule has 5 nitrogen and oxygen atoms in total. The Kier molecular flexibility index (Phi) is 5.53. The van der Waals surface area contributed by atoms with Gasteiger partial charge in [-0.25, -0.2) is 9.18 Å². The van der Waals surface area contributed by atoms with Crippen LogP contribution in [0.25, 0.3) is 6.08 Å². The average molecular weight is 365 g/mol. The fourth-order valence-corrected chi connectivity index (χ4v) is 3.56. The fraction of sp³-hybridized carbons (Fsp3) is 0.238. The van der Waals surface area contributed by atoms with E-state index >= 15 is 0 Å². The van der Waals surface area contributed by atoms with Crippen molar-refractivity contribution in [2.75, 3.05) is 11.9 Å². The number of aliphatic hydroxyl groups excluding tert-OH is 1. The summed E-state index contributed by atoms with van der Waals surface area (Å²) >= 11 is 0. The lowest BCUT2D eigenvalue weighted by Gasteiger charge is -2.51. The summed E-state index contributed by atoms with van der Waals surface area (Å²) in [4.78, 5) is 14.0. The third-order valence-corrected chi connectivity index (χ3v) is 4.74. The number of halogens is 1. The van der Waals surface area contributed by atoms with Crippen LogP contribution in [0.5, 0.6) is 0 Å². The number of hydrogen-bond acceptors (Lipinski definition) is 3. The largest absolute Gasteiger partial charge is 0.394 e. The van der Waals surface area contributed by atoms with Crippen molar-refractivity contribution in [1.82, 2.24) is 4.90 Å². The number of allylic oxidation sites excluding steroid dienone is 1. The van der Waals surface area contributed by atoms with Crippen molar-refractivity contribution < 1.29 is 14.3 Å². The molecule has 1 saturated heterocycles. The first-order chi connectivity index (χ1) is 13.1. The Morgan fingerprint density at radius 1 is 1.33 bits per heavy atom. The highest BCUT2D eigenvalue weighted by molar-refractivity contribution is 5.91. The van der Waals surface area contributed by atoms with Crippen molar-refractivity contribution in [2.45, 2.75) is 24.9 Å². The van der Waals surface area contributed by atoms with Gasteiger partial charge in [0.25, 0.3) is 0 Å². The van der Waals surface area contributed by atoms with Gasteiger partial charge < -0.3 is 15.3 Å². The van der Waals surface area contributed by atoms with Gasteiger partial charge in [-0.15, -0.1) is 0 Å². The first kappa shape index (κ1) is 18.6. The molecule has 0 aromatic heterocycles. The molecule has 6 heteroatoms. The van der Waals surface area contributed by atoms with Crippen LogP contribution in [0.15, 0.2) is 54.6 Å². The van der Waals surface area contributed by atoms with Gasteiger partial charge in [0.15, 0.2) is 0 Å². The molecule has 138 valence electrons. The van der Waals surface area contributed by atoms with Gasteiger partial charge >= 0.3 is 6.03 Å². The van der Waals surface area contributed by atoms with E-state index in [-0.39, 0.29) is 12.5 Å². The van der Waals surface area contributed by atoms with Crippen LogP contribution in [0.4, 0.5) is 14.9 Å². The zero-order valence-corrected chi connectivity index (χ0v) is 14.8. The minimum atomic E-state index is -0.720. The molecule has 1 heterocycles. The van der Waals surface area contributed by atoms with Crippen molar-refractivity contribution >= 4 is 17.8 Å². The van der Waals surface area contributed by atoms with Gasteiger partial charge in [0, 0.05) is 11.6 Å². The Labute approximate surface area is 157 Å². The molecule has 2 amide bonds. The molecule has 0 spiro atoms. The van der Waals surface area contributed by atoms with Gasteiger partial charge in [-0.3, -0.25) is 0 Å². The van der Waals surface area contributed by atoms with E-state index in [1.54, 1.807) is 6.07 Å². The summed E-state index contributed by atoms with van der Waals surface area (Å²) in [5, 5.41) is 22.1. The Morgan fingerprint density at radius 3 is 2.78 bits per heavy atom. The highest BCUT2D eigenvalue weighted by Gasteiger charge is 2.52. The number of aliphatic hydroxyl groups is 1. The average Bonchev–Trinajstić information content (AvgIpc) is 2.63. The normalized spacial score (nSPS) is 21.6. The van der Waals surface area contributed by atoms with Crippen LogP contribution in [0.1, 0.15) is 24.0 Å². The van der Waals surface area contributed by atoms with Gasteiger partial charge in [-0.05, 0) is 36.2 Å². The van der Waals surface area contributed by atoms with Crippen LogP contribution in [-0.2, 0) is 0 Å². The smallest absolute Gasteiger partial charge is 0.323 e. The molecule has 2 N–H and O–H groups in total. The Balaban J connectivity index is 1.87. The lowest BCUT2D eigenvalue weighted by atomic mass is 9.74. The van der Waals surface area contributed by atoms with Crippen LogP contribution in [0.3, 0.4) is 0 Å². The number of amides is 2. The first-order valence-electron chi connectivity index (χ1n) is 8.67. The SMILES string of the molecule is C/C=C/c1ccccc1[C@H]1[C@@H](CO)N(C(=O)Nc2cccc(F)c2)[C@H]1C#N. The van der Waals surface area contributed by atoms with Crippen molar-refractivity contribution in [1.29, 1.82) is 5.26 Å². The molecule has 3 atom stereocenters. The van der Waals surface area contributed by atoms with E-state index in [1.807, 2.05) is 43.3 Å². The monoisotopic (exact) mass is 365 g/mol. The van der Waals surface area contributed by atoms with E-state index < -0.39 is 23.9 Å². The van der Waals surface area contributed by atoms with E-state index in [4.69, 9.17) is 0 Å². The predicted octanol–water partition coefficient (Wildman–Crippen LogP) is 3.74. The van der Waals surface area contributed by atoms with Crippen molar-refractivity contribution in [3.05, 3.63) is 71.6 Å². The van der Waals surface area contributed by atoms with E-state index in [1.165, 1.54) is 23.1 Å². The second-order valence-electron chi connectivity index (χ2n) is 6.33. The maximum Gasteiger partial charge on any atom is 0.323 e. The highest BCUT2D eigenvalue weighted by atomic mass is 19.1. The number of nitrogens with zero attached hydrogens (tertiary/aromatic N) is 2. The standard InChI is InChI=1S/C21H20FN3O2/c1-2-6-14-7-3-4-10-17(14)20-18(12-23)25(19(20)13-26)21(27)24-16-9-5-8-15(22)11-16/h2-11,18-20,26H,13H2,1H3,(H,24,27)/b6-2+/t18-,19+,20+/m0/s1. The van der Waals surface area contributed by atoms with Crippen LogP contribution in [0.2, 0.25) is 0 Å². The number of nitriles is 1. The first-order valence-corrected chi connectivity index (χ1v) is 8.67. The molecule has 3 rings (SSSR count). The number of anilines is 1. The van der Waals surface area contributed by atoms with Gasteiger partial charge in [-0.2, -0.15) is 5.26 Å². The summed E-state index contributed by atoms with van der Waals surface area (Å²) < 4.78 is 13.3.